The number of hydrogen-bond donors (Lipinski definition) is 3. The molecular formula is C34H56FIN7O4+. The summed E-state index contributed by atoms with van der Waals surface area (Å²) < 4.78 is 39.8. The molecule has 0 amide bonds. The predicted octanol–water partition coefficient (Wildman–Crippen LogP) is 7.96. The molecule has 0 radical (unpaired) electrons. The maximum Gasteiger partial charge on any atom is 0.276 e. The Morgan fingerprint density at radius 3 is 2.19 bits per heavy atom. The summed E-state index contributed by atoms with van der Waals surface area (Å²) in [6, 6.07) is 5.33. The lowest BCUT2D eigenvalue weighted by atomic mass is 10.1. The van der Waals surface area contributed by atoms with E-state index in [4.69, 9.17) is 28.9 Å². The van der Waals surface area contributed by atoms with Crippen LogP contribution in [0.25, 0.3) is 0 Å². The predicted molar refractivity (Wildman–Crippen MR) is 193 cm³/mol. The van der Waals surface area contributed by atoms with Crippen LogP contribution in [0.4, 0.5) is 27.9 Å². The largest absolute Gasteiger partial charge is 0.480 e. The zero-order chi connectivity index (χ0) is 34.1. The average Bonchev–Trinajstić information content (AvgIpc) is 3.21. The van der Waals surface area contributed by atoms with Crippen molar-refractivity contribution in [2.45, 2.75) is 130 Å². The van der Waals surface area contributed by atoms with Gasteiger partial charge < -0.3 is 30.2 Å². The number of ether oxygens (including phenoxy) is 4. The minimum Gasteiger partial charge on any atom is -0.480 e. The first kappa shape index (κ1) is 37.7. The van der Waals surface area contributed by atoms with Crippen LogP contribution >= 0.6 is 22.6 Å². The van der Waals surface area contributed by atoms with Gasteiger partial charge in [-0.25, -0.2) is 4.39 Å². The van der Waals surface area contributed by atoms with Crippen molar-refractivity contribution in [3.63, 3.8) is 0 Å². The summed E-state index contributed by atoms with van der Waals surface area (Å²) in [4.78, 5) is 14.2. The monoisotopic (exact) mass is 772 g/mol. The molecule has 11 nitrogen and oxygen atoms in total. The number of likely N-dealkylation sites (N-methyl/N-ethyl adjacent to an activating group) is 1. The number of aromatic nitrogens is 3. The quantitative estimate of drug-likeness (QED) is 0.0543. The topological polar surface area (TPSA) is 112 Å². The Morgan fingerprint density at radius 2 is 1.57 bits per heavy atom. The summed E-state index contributed by atoms with van der Waals surface area (Å²) >= 11 is 2.04. The first-order chi connectivity index (χ1) is 22.3. The number of anilines is 4. The Hall–Kier alpha value is -2.07. The summed E-state index contributed by atoms with van der Waals surface area (Å²) in [5.74, 6) is 1.08. The molecule has 13 heteroatoms. The molecule has 2 unspecified atom stereocenters. The van der Waals surface area contributed by atoms with E-state index in [1.165, 1.54) is 31.7 Å². The van der Waals surface area contributed by atoms with Crippen LogP contribution in [-0.4, -0.2) is 80.2 Å². The lowest BCUT2D eigenvalue weighted by Crippen LogP contribution is -2.56. The van der Waals surface area contributed by atoms with Crippen LogP contribution in [-0.2, 0) is 14.2 Å². The van der Waals surface area contributed by atoms with Crippen molar-refractivity contribution in [1.82, 2.24) is 15.0 Å². The van der Waals surface area contributed by atoms with Gasteiger partial charge >= 0.3 is 0 Å². The third kappa shape index (κ3) is 12.1. The zero-order valence-electron chi connectivity index (χ0n) is 29.3. The molecular weight excluding hydrogens is 716 g/mol. The lowest BCUT2D eigenvalue weighted by Gasteiger charge is -2.40. The first-order valence-corrected chi connectivity index (χ1v) is 18.6. The second-order valence-electron chi connectivity index (χ2n) is 14.6. The van der Waals surface area contributed by atoms with E-state index in [0.29, 0.717) is 47.5 Å². The van der Waals surface area contributed by atoms with Crippen LogP contribution in [0.5, 0.6) is 5.75 Å². The molecule has 1 aromatic carbocycles. The highest BCUT2D eigenvalue weighted by Crippen LogP contribution is 2.30. The molecule has 1 saturated heterocycles. The Labute approximate surface area is 294 Å². The summed E-state index contributed by atoms with van der Waals surface area (Å²) in [6.07, 6.45) is 9.19. The summed E-state index contributed by atoms with van der Waals surface area (Å²) in [5, 5.41) is 10.3. The molecule has 2 heterocycles. The third-order valence-corrected chi connectivity index (χ3v) is 8.94. The van der Waals surface area contributed by atoms with Gasteiger partial charge in [-0.05, 0) is 96.0 Å². The van der Waals surface area contributed by atoms with Gasteiger partial charge in [0.05, 0.1) is 30.8 Å². The van der Waals surface area contributed by atoms with Crippen molar-refractivity contribution in [2.24, 2.45) is 0 Å². The first-order valence-electron chi connectivity index (χ1n) is 17.1. The van der Waals surface area contributed by atoms with Gasteiger partial charge in [-0.2, -0.15) is 15.0 Å². The van der Waals surface area contributed by atoms with E-state index in [0.717, 1.165) is 43.3 Å². The highest BCUT2D eigenvalue weighted by Gasteiger charge is 2.42. The number of benzene rings is 1. The minimum atomic E-state index is -0.771. The molecule has 2 aromatic rings. The third-order valence-electron chi connectivity index (χ3n) is 8.63. The standard InChI is InChI=1S/C34H56FIN7O4/c1-8-43(23-45-32(46-33(2,3)4)47-34(5,6)7)19-13-16-26(43)21-37-29-40-30(38-24-14-11-9-10-12-15-24)42-31(41-29)39-25-17-18-28(44-22-36)27(35)20-25/h17-18,20,24,26,32H,8-16,19,21-23H2,1-7H3,(H3,37,38,39,40,41,42)/q+1. The van der Waals surface area contributed by atoms with Crippen LogP contribution in [0, 0.1) is 5.82 Å². The summed E-state index contributed by atoms with van der Waals surface area (Å²) in [6.45, 7) is 16.5. The SMILES string of the molecule is CC[N+]1(COC(OC(C)(C)C)OC(C)(C)C)CCCC1CNc1nc(Nc2ccc(OCI)c(F)c2)nc(NC2CCCCCC2)n1. The van der Waals surface area contributed by atoms with Crippen LogP contribution in [0.15, 0.2) is 18.2 Å². The number of halogens is 2. The van der Waals surface area contributed by atoms with E-state index >= 15 is 0 Å². The fraction of sp³-hybridized carbons (Fsp3) is 0.735. The average molecular weight is 773 g/mol. The van der Waals surface area contributed by atoms with Gasteiger partial charge in [-0.1, -0.05) is 25.7 Å². The fourth-order valence-electron chi connectivity index (χ4n) is 6.22. The van der Waals surface area contributed by atoms with Crippen LogP contribution in [0.1, 0.15) is 99.8 Å². The fourth-order valence-corrected chi connectivity index (χ4v) is 6.56. The van der Waals surface area contributed by atoms with Gasteiger partial charge in [-0.15, -0.1) is 0 Å². The van der Waals surface area contributed by atoms with Crippen LogP contribution in [0.2, 0.25) is 0 Å². The molecule has 0 bridgehead atoms. The van der Waals surface area contributed by atoms with E-state index in [1.807, 2.05) is 64.1 Å². The molecule has 1 saturated carbocycles. The Balaban J connectivity index is 1.50. The van der Waals surface area contributed by atoms with E-state index in [-0.39, 0.29) is 11.8 Å². The molecule has 1 aliphatic heterocycles. The number of hydrogen-bond acceptors (Lipinski definition) is 10. The number of likely N-dealkylation sites (tertiary alicyclic amines) is 1. The van der Waals surface area contributed by atoms with Gasteiger partial charge in [-0.3, -0.25) is 9.22 Å². The van der Waals surface area contributed by atoms with Crippen molar-refractivity contribution in [3.8, 4) is 5.75 Å². The number of quaternary nitrogens is 1. The highest BCUT2D eigenvalue weighted by atomic mass is 127. The summed E-state index contributed by atoms with van der Waals surface area (Å²) in [7, 11) is 0. The minimum absolute atomic E-state index is 0.206. The Morgan fingerprint density at radius 1 is 0.915 bits per heavy atom. The van der Waals surface area contributed by atoms with Crippen molar-refractivity contribution in [3.05, 3.63) is 24.0 Å². The Kier molecular flexibility index (Phi) is 13.7. The molecule has 2 atom stereocenters. The van der Waals surface area contributed by atoms with E-state index in [2.05, 4.69) is 27.9 Å². The smallest absolute Gasteiger partial charge is 0.276 e. The maximum atomic E-state index is 14.6. The second-order valence-corrected chi connectivity index (χ2v) is 15.3. The normalized spacial score (nSPS) is 21.1. The molecule has 4 rings (SSSR count). The van der Waals surface area contributed by atoms with Crippen molar-refractivity contribution >= 4 is 46.1 Å². The molecule has 2 fully saturated rings. The van der Waals surface area contributed by atoms with E-state index in [9.17, 15) is 4.39 Å². The molecule has 1 aliphatic carbocycles. The zero-order valence-corrected chi connectivity index (χ0v) is 31.5. The number of alkyl halides is 1. The summed E-state index contributed by atoms with van der Waals surface area (Å²) in [5.41, 5.74) is -0.300. The molecule has 3 N–H and O–H groups in total. The molecule has 2 aliphatic rings. The van der Waals surface area contributed by atoms with Gasteiger partial charge in [0.1, 0.15) is 10.7 Å². The van der Waals surface area contributed by atoms with Gasteiger partial charge in [0.15, 0.2) is 18.3 Å². The number of nitrogens with zero attached hydrogens (tertiary/aromatic N) is 4. The van der Waals surface area contributed by atoms with Crippen molar-refractivity contribution in [2.75, 3.05) is 46.9 Å². The number of rotatable bonds is 15. The lowest BCUT2D eigenvalue weighted by molar-refractivity contribution is -0.956. The second kappa shape index (κ2) is 17.0. The maximum absolute atomic E-state index is 14.6. The number of nitrogens with one attached hydrogen (secondary N) is 3. The van der Waals surface area contributed by atoms with E-state index < -0.39 is 23.5 Å². The van der Waals surface area contributed by atoms with Crippen molar-refractivity contribution in [1.29, 1.82) is 0 Å². The van der Waals surface area contributed by atoms with Gasteiger partial charge in [0.25, 0.3) is 6.48 Å². The molecule has 264 valence electrons. The van der Waals surface area contributed by atoms with Crippen LogP contribution in [0.3, 0.4) is 0 Å². The molecule has 47 heavy (non-hydrogen) atoms. The Bertz CT molecular complexity index is 1250. The molecule has 0 spiro atoms. The molecule has 1 aromatic heterocycles. The van der Waals surface area contributed by atoms with Gasteiger partial charge in [0.2, 0.25) is 17.8 Å². The van der Waals surface area contributed by atoms with Crippen LogP contribution < -0.4 is 20.7 Å². The van der Waals surface area contributed by atoms with Crippen molar-refractivity contribution < 1.29 is 27.8 Å². The van der Waals surface area contributed by atoms with E-state index in [1.54, 1.807) is 12.1 Å². The van der Waals surface area contributed by atoms with Gasteiger partial charge in [0, 0.05) is 30.6 Å². The highest BCUT2D eigenvalue weighted by molar-refractivity contribution is 14.1.